The number of nitrogens with zero attached hydrogens (tertiary/aromatic N) is 4. The number of hydrogen-bond donors (Lipinski definition) is 0. The van der Waals surface area contributed by atoms with Gasteiger partial charge < -0.3 is 19.1 Å². The van der Waals surface area contributed by atoms with E-state index in [1.807, 2.05) is 36.0 Å². The highest BCUT2D eigenvalue weighted by atomic mass is 16.6. The van der Waals surface area contributed by atoms with E-state index in [-0.39, 0.29) is 6.10 Å². The Morgan fingerprint density at radius 3 is 2.63 bits per heavy atom. The van der Waals surface area contributed by atoms with E-state index in [0.29, 0.717) is 13.2 Å². The molecule has 0 radical (unpaired) electrons. The fourth-order valence-electron chi connectivity index (χ4n) is 3.79. The molecule has 7 nitrogen and oxygen atoms in total. The fourth-order valence-corrected chi connectivity index (χ4v) is 3.79. The lowest BCUT2D eigenvalue weighted by Gasteiger charge is -2.37. The quantitative estimate of drug-likeness (QED) is 0.798. The van der Waals surface area contributed by atoms with Crippen molar-refractivity contribution in [2.75, 3.05) is 51.3 Å². The van der Waals surface area contributed by atoms with E-state index < -0.39 is 0 Å². The zero-order valence-corrected chi connectivity index (χ0v) is 16.4. The Labute approximate surface area is 160 Å². The summed E-state index contributed by atoms with van der Waals surface area (Å²) in [4.78, 5) is 4.82. The smallest absolute Gasteiger partial charge is 0.161 e. The Bertz CT molecular complexity index is 784. The van der Waals surface area contributed by atoms with E-state index in [0.717, 1.165) is 50.0 Å². The Morgan fingerprint density at radius 2 is 1.89 bits per heavy atom. The summed E-state index contributed by atoms with van der Waals surface area (Å²) in [5.74, 6) is 2.75. The molecule has 4 rings (SSSR count). The molecule has 27 heavy (non-hydrogen) atoms. The molecule has 0 unspecified atom stereocenters. The minimum absolute atomic E-state index is 0.0765. The van der Waals surface area contributed by atoms with Crippen molar-refractivity contribution in [3.05, 3.63) is 35.5 Å². The first-order valence-corrected chi connectivity index (χ1v) is 9.53. The third-order valence-electron chi connectivity index (χ3n) is 5.43. The van der Waals surface area contributed by atoms with Crippen molar-refractivity contribution < 1.29 is 14.2 Å². The summed E-state index contributed by atoms with van der Waals surface area (Å²) >= 11 is 0. The SMILES string of the molecule is COCc1c(N2CCN(C[C@H]3COc4ccccc4O3)CC2)nn(C)c1C. The second kappa shape index (κ2) is 7.78. The van der Waals surface area contributed by atoms with Gasteiger partial charge in [-0.2, -0.15) is 5.10 Å². The normalized spacial score (nSPS) is 20.1. The van der Waals surface area contributed by atoms with Gasteiger partial charge in [0, 0.05) is 58.1 Å². The number of aryl methyl sites for hydroxylation is 1. The van der Waals surface area contributed by atoms with Crippen LogP contribution in [0.3, 0.4) is 0 Å². The average Bonchev–Trinajstić information content (AvgIpc) is 2.97. The van der Waals surface area contributed by atoms with Crippen LogP contribution in [0.4, 0.5) is 5.82 Å². The topological polar surface area (TPSA) is 52.0 Å². The first kappa shape index (κ1) is 18.1. The lowest BCUT2D eigenvalue weighted by Crippen LogP contribution is -2.51. The molecule has 0 bridgehead atoms. The number of benzene rings is 1. The molecule has 146 valence electrons. The standard InChI is InChI=1S/C20H28N4O3/c1-15-17(14-25-3)20(21-22(15)2)24-10-8-23(9-11-24)12-16-13-26-18-6-4-5-7-19(18)27-16/h4-7,16H,8-14H2,1-3H3/t16-/m0/s1. The van der Waals surface area contributed by atoms with Crippen LogP contribution in [0.1, 0.15) is 11.3 Å². The fraction of sp³-hybridized carbons (Fsp3) is 0.550. The van der Waals surface area contributed by atoms with Crippen LogP contribution >= 0.6 is 0 Å². The van der Waals surface area contributed by atoms with Crippen molar-refractivity contribution in [3.63, 3.8) is 0 Å². The van der Waals surface area contributed by atoms with Gasteiger partial charge in [0.2, 0.25) is 0 Å². The number of piperazine rings is 1. The van der Waals surface area contributed by atoms with Crippen LogP contribution in [-0.4, -0.2) is 67.2 Å². The maximum absolute atomic E-state index is 6.10. The van der Waals surface area contributed by atoms with Gasteiger partial charge >= 0.3 is 0 Å². The first-order valence-electron chi connectivity index (χ1n) is 9.53. The zero-order valence-electron chi connectivity index (χ0n) is 16.4. The molecule has 7 heteroatoms. The maximum Gasteiger partial charge on any atom is 0.161 e. The van der Waals surface area contributed by atoms with E-state index in [1.165, 1.54) is 11.3 Å². The summed E-state index contributed by atoms with van der Waals surface area (Å²) in [6, 6.07) is 7.88. The Morgan fingerprint density at radius 1 is 1.15 bits per heavy atom. The molecule has 2 aliphatic rings. The summed E-state index contributed by atoms with van der Waals surface area (Å²) in [7, 11) is 3.73. The molecule has 0 amide bonds. The Kier molecular flexibility index (Phi) is 5.22. The van der Waals surface area contributed by atoms with Gasteiger partial charge in [0.1, 0.15) is 12.7 Å². The summed E-state index contributed by atoms with van der Waals surface area (Å²) in [6.45, 7) is 8.08. The van der Waals surface area contributed by atoms with Crippen LogP contribution in [0, 0.1) is 6.92 Å². The highest BCUT2D eigenvalue weighted by molar-refractivity contribution is 5.49. The molecule has 1 aromatic carbocycles. The van der Waals surface area contributed by atoms with Gasteiger partial charge in [0.15, 0.2) is 17.3 Å². The van der Waals surface area contributed by atoms with E-state index in [4.69, 9.17) is 19.3 Å². The number of rotatable bonds is 5. The van der Waals surface area contributed by atoms with Gasteiger partial charge in [-0.25, -0.2) is 0 Å². The highest BCUT2D eigenvalue weighted by Crippen LogP contribution is 2.31. The Hall–Kier alpha value is -2.25. The van der Waals surface area contributed by atoms with Gasteiger partial charge in [-0.1, -0.05) is 12.1 Å². The monoisotopic (exact) mass is 372 g/mol. The molecule has 1 fully saturated rings. The molecule has 1 aromatic heterocycles. The second-order valence-corrected chi connectivity index (χ2v) is 7.23. The number of aromatic nitrogens is 2. The number of methoxy groups -OCH3 is 1. The largest absolute Gasteiger partial charge is 0.486 e. The zero-order chi connectivity index (χ0) is 18.8. The molecule has 2 aromatic rings. The summed E-state index contributed by atoms with van der Waals surface area (Å²) in [5.41, 5.74) is 2.36. The third kappa shape index (κ3) is 3.75. The van der Waals surface area contributed by atoms with Gasteiger partial charge in [-0.05, 0) is 19.1 Å². The van der Waals surface area contributed by atoms with Crippen LogP contribution < -0.4 is 14.4 Å². The van der Waals surface area contributed by atoms with E-state index >= 15 is 0 Å². The number of para-hydroxylation sites is 2. The molecule has 3 heterocycles. The van der Waals surface area contributed by atoms with Crippen LogP contribution in [0.2, 0.25) is 0 Å². The number of ether oxygens (including phenoxy) is 3. The predicted octanol–water partition coefficient (Wildman–Crippen LogP) is 1.84. The van der Waals surface area contributed by atoms with Crippen molar-refractivity contribution in [1.29, 1.82) is 0 Å². The minimum Gasteiger partial charge on any atom is -0.486 e. The third-order valence-corrected chi connectivity index (χ3v) is 5.43. The van der Waals surface area contributed by atoms with Gasteiger partial charge in [-0.15, -0.1) is 0 Å². The van der Waals surface area contributed by atoms with Crippen molar-refractivity contribution in [3.8, 4) is 11.5 Å². The van der Waals surface area contributed by atoms with Crippen LogP contribution in [0.15, 0.2) is 24.3 Å². The molecule has 0 aliphatic carbocycles. The molecular formula is C20H28N4O3. The maximum atomic E-state index is 6.10. The van der Waals surface area contributed by atoms with Crippen molar-refractivity contribution in [1.82, 2.24) is 14.7 Å². The van der Waals surface area contributed by atoms with E-state index in [1.54, 1.807) is 7.11 Å². The van der Waals surface area contributed by atoms with Gasteiger partial charge in [0.05, 0.1) is 6.61 Å². The number of fused-ring (bicyclic) bond motifs is 1. The Balaban J connectivity index is 1.34. The van der Waals surface area contributed by atoms with Gasteiger partial charge in [-0.3, -0.25) is 9.58 Å². The van der Waals surface area contributed by atoms with Crippen LogP contribution in [-0.2, 0) is 18.4 Å². The summed E-state index contributed by atoms with van der Waals surface area (Å²) < 4.78 is 19.3. The van der Waals surface area contributed by atoms with Crippen molar-refractivity contribution in [2.24, 2.45) is 7.05 Å². The minimum atomic E-state index is 0.0765. The van der Waals surface area contributed by atoms with Crippen molar-refractivity contribution >= 4 is 5.82 Å². The average molecular weight is 372 g/mol. The van der Waals surface area contributed by atoms with Gasteiger partial charge in [0.25, 0.3) is 0 Å². The molecule has 1 saturated heterocycles. The molecule has 2 aliphatic heterocycles. The molecule has 0 spiro atoms. The lowest BCUT2D eigenvalue weighted by atomic mass is 10.2. The van der Waals surface area contributed by atoms with E-state index in [9.17, 15) is 0 Å². The highest BCUT2D eigenvalue weighted by Gasteiger charge is 2.27. The van der Waals surface area contributed by atoms with Crippen LogP contribution in [0.5, 0.6) is 11.5 Å². The molecular weight excluding hydrogens is 344 g/mol. The lowest BCUT2D eigenvalue weighted by molar-refractivity contribution is 0.0570. The molecule has 1 atom stereocenters. The summed E-state index contributed by atoms with van der Waals surface area (Å²) in [5, 5.41) is 4.72. The van der Waals surface area contributed by atoms with Crippen LogP contribution in [0.25, 0.3) is 0 Å². The van der Waals surface area contributed by atoms with Crippen molar-refractivity contribution in [2.45, 2.75) is 19.6 Å². The first-order chi connectivity index (χ1) is 13.2. The summed E-state index contributed by atoms with van der Waals surface area (Å²) in [6.07, 6.45) is 0.0765. The number of hydrogen-bond acceptors (Lipinski definition) is 6. The molecule has 0 N–H and O–H groups in total. The van der Waals surface area contributed by atoms with E-state index in [2.05, 4.69) is 16.7 Å². The molecule has 0 saturated carbocycles. The number of anilines is 1. The predicted molar refractivity (Wildman–Crippen MR) is 104 cm³/mol. The second-order valence-electron chi connectivity index (χ2n) is 7.23.